The van der Waals surface area contributed by atoms with E-state index in [9.17, 15) is 0 Å². The minimum absolute atomic E-state index is 0.609. The summed E-state index contributed by atoms with van der Waals surface area (Å²) < 4.78 is 1.12. The third-order valence-electron chi connectivity index (χ3n) is 3.93. The molecule has 0 bridgehead atoms. The summed E-state index contributed by atoms with van der Waals surface area (Å²) in [6.07, 6.45) is 6.80. The first kappa shape index (κ1) is 13.9. The van der Waals surface area contributed by atoms with Gasteiger partial charge in [-0.25, -0.2) is 0 Å². The summed E-state index contributed by atoms with van der Waals surface area (Å²) in [6.45, 7) is 3.92. The Kier molecular flexibility index (Phi) is 5.07. The smallest absolute Gasteiger partial charge is 0.0414 e. The summed E-state index contributed by atoms with van der Waals surface area (Å²) in [5, 5.41) is 0. The lowest BCUT2D eigenvalue weighted by atomic mass is 9.93. The van der Waals surface area contributed by atoms with Crippen LogP contribution in [0.15, 0.2) is 22.7 Å². The summed E-state index contributed by atoms with van der Waals surface area (Å²) in [5.41, 5.74) is 8.47. The molecule has 0 spiro atoms. The van der Waals surface area contributed by atoms with Gasteiger partial charge in [-0.1, -0.05) is 35.2 Å². The fourth-order valence-corrected chi connectivity index (χ4v) is 3.42. The van der Waals surface area contributed by atoms with Crippen molar-refractivity contribution in [3.63, 3.8) is 0 Å². The third-order valence-corrected chi connectivity index (χ3v) is 4.42. The van der Waals surface area contributed by atoms with Gasteiger partial charge in [-0.05, 0) is 43.5 Å². The quantitative estimate of drug-likeness (QED) is 0.908. The number of rotatable bonds is 4. The molecule has 0 aromatic heterocycles. The lowest BCUT2D eigenvalue weighted by Crippen LogP contribution is -2.37. The lowest BCUT2D eigenvalue weighted by molar-refractivity contribution is 0.417. The molecule has 1 fully saturated rings. The van der Waals surface area contributed by atoms with Gasteiger partial charge in [-0.3, -0.25) is 0 Å². The van der Waals surface area contributed by atoms with E-state index in [0.29, 0.717) is 12.6 Å². The van der Waals surface area contributed by atoms with Crippen LogP contribution in [0.1, 0.15) is 44.6 Å². The molecule has 100 valence electrons. The standard InChI is InChI=1S/C15H23BrN2/c1-2-18(14-6-4-3-5-7-14)15-9-8-13(16)10-12(15)11-17/h8-10,14H,2-7,11,17H2,1H3. The number of halogens is 1. The highest BCUT2D eigenvalue weighted by Gasteiger charge is 2.21. The summed E-state index contributed by atoms with van der Waals surface area (Å²) in [6, 6.07) is 7.20. The van der Waals surface area contributed by atoms with Gasteiger partial charge in [0.05, 0.1) is 0 Å². The number of nitrogens with zero attached hydrogens (tertiary/aromatic N) is 1. The van der Waals surface area contributed by atoms with Gasteiger partial charge in [0.2, 0.25) is 0 Å². The summed E-state index contributed by atoms with van der Waals surface area (Å²) in [7, 11) is 0. The molecule has 3 heteroatoms. The highest BCUT2D eigenvalue weighted by Crippen LogP contribution is 2.30. The number of hydrogen-bond donors (Lipinski definition) is 1. The first-order valence-corrected chi connectivity index (χ1v) is 7.80. The van der Waals surface area contributed by atoms with E-state index in [2.05, 4.69) is 46.0 Å². The molecule has 2 N–H and O–H groups in total. The summed E-state index contributed by atoms with van der Waals surface area (Å²) in [5.74, 6) is 0. The van der Waals surface area contributed by atoms with Gasteiger partial charge >= 0.3 is 0 Å². The Balaban J connectivity index is 2.25. The van der Waals surface area contributed by atoms with Crippen LogP contribution in [0, 0.1) is 0 Å². The third kappa shape index (κ3) is 3.07. The molecule has 0 aliphatic heterocycles. The molecule has 0 saturated heterocycles. The number of anilines is 1. The minimum atomic E-state index is 0.609. The second-order valence-corrected chi connectivity index (χ2v) is 5.97. The molecular formula is C15H23BrN2. The molecule has 0 unspecified atom stereocenters. The van der Waals surface area contributed by atoms with Gasteiger partial charge in [0, 0.05) is 29.3 Å². The van der Waals surface area contributed by atoms with Gasteiger partial charge in [0.25, 0.3) is 0 Å². The van der Waals surface area contributed by atoms with E-state index < -0.39 is 0 Å². The second kappa shape index (κ2) is 6.58. The van der Waals surface area contributed by atoms with Crippen LogP contribution < -0.4 is 10.6 Å². The van der Waals surface area contributed by atoms with Crippen LogP contribution in [-0.2, 0) is 6.54 Å². The maximum Gasteiger partial charge on any atom is 0.0414 e. The Morgan fingerprint density at radius 1 is 1.28 bits per heavy atom. The highest BCUT2D eigenvalue weighted by atomic mass is 79.9. The monoisotopic (exact) mass is 310 g/mol. The SMILES string of the molecule is CCN(c1ccc(Br)cc1CN)C1CCCCC1. The molecular weight excluding hydrogens is 288 g/mol. The van der Waals surface area contributed by atoms with E-state index in [-0.39, 0.29) is 0 Å². The van der Waals surface area contributed by atoms with Crippen molar-refractivity contribution in [2.24, 2.45) is 5.73 Å². The molecule has 1 aromatic rings. The molecule has 1 saturated carbocycles. The van der Waals surface area contributed by atoms with E-state index in [1.165, 1.54) is 43.4 Å². The van der Waals surface area contributed by atoms with E-state index in [1.807, 2.05) is 0 Å². The molecule has 2 rings (SSSR count). The number of benzene rings is 1. The van der Waals surface area contributed by atoms with Crippen LogP contribution in [0.5, 0.6) is 0 Å². The predicted molar refractivity (Wildman–Crippen MR) is 81.9 cm³/mol. The molecule has 0 heterocycles. The fourth-order valence-electron chi connectivity index (χ4n) is 3.02. The average Bonchev–Trinajstić information content (AvgIpc) is 2.42. The van der Waals surface area contributed by atoms with Crippen molar-refractivity contribution in [3.05, 3.63) is 28.2 Å². The zero-order valence-electron chi connectivity index (χ0n) is 11.2. The Labute approximate surface area is 119 Å². The van der Waals surface area contributed by atoms with Crippen LogP contribution in [0.3, 0.4) is 0 Å². The van der Waals surface area contributed by atoms with Gasteiger partial charge in [-0.2, -0.15) is 0 Å². The average molecular weight is 311 g/mol. The van der Waals surface area contributed by atoms with Gasteiger partial charge < -0.3 is 10.6 Å². The zero-order valence-corrected chi connectivity index (χ0v) is 12.7. The van der Waals surface area contributed by atoms with Crippen molar-refractivity contribution >= 4 is 21.6 Å². The largest absolute Gasteiger partial charge is 0.369 e. The minimum Gasteiger partial charge on any atom is -0.369 e. The van der Waals surface area contributed by atoms with Crippen LogP contribution in [0.2, 0.25) is 0 Å². The van der Waals surface area contributed by atoms with Gasteiger partial charge in [0.1, 0.15) is 0 Å². The molecule has 2 nitrogen and oxygen atoms in total. The lowest BCUT2D eigenvalue weighted by Gasteiger charge is -2.36. The maximum absolute atomic E-state index is 5.89. The van der Waals surface area contributed by atoms with Crippen LogP contribution in [-0.4, -0.2) is 12.6 Å². The first-order valence-electron chi connectivity index (χ1n) is 7.01. The van der Waals surface area contributed by atoms with Crippen molar-refractivity contribution in [2.75, 3.05) is 11.4 Å². The Hall–Kier alpha value is -0.540. The van der Waals surface area contributed by atoms with E-state index in [1.54, 1.807) is 0 Å². The number of nitrogens with two attached hydrogens (primary N) is 1. The molecule has 1 aromatic carbocycles. The van der Waals surface area contributed by atoms with Crippen LogP contribution in [0.4, 0.5) is 5.69 Å². The van der Waals surface area contributed by atoms with E-state index >= 15 is 0 Å². The van der Waals surface area contributed by atoms with Crippen LogP contribution >= 0.6 is 15.9 Å². The van der Waals surface area contributed by atoms with Crippen molar-refractivity contribution in [1.29, 1.82) is 0 Å². The fraction of sp³-hybridized carbons (Fsp3) is 0.600. The molecule has 0 atom stereocenters. The molecule has 1 aliphatic carbocycles. The van der Waals surface area contributed by atoms with Crippen molar-refractivity contribution < 1.29 is 0 Å². The van der Waals surface area contributed by atoms with Crippen molar-refractivity contribution in [2.45, 2.75) is 51.6 Å². The van der Waals surface area contributed by atoms with Crippen molar-refractivity contribution in [3.8, 4) is 0 Å². The van der Waals surface area contributed by atoms with Gasteiger partial charge in [-0.15, -0.1) is 0 Å². The number of hydrogen-bond acceptors (Lipinski definition) is 2. The molecule has 18 heavy (non-hydrogen) atoms. The predicted octanol–water partition coefficient (Wildman–Crippen LogP) is 4.07. The van der Waals surface area contributed by atoms with Gasteiger partial charge in [0.15, 0.2) is 0 Å². The topological polar surface area (TPSA) is 29.3 Å². The first-order chi connectivity index (χ1) is 8.76. The van der Waals surface area contributed by atoms with Crippen molar-refractivity contribution in [1.82, 2.24) is 0 Å². The molecule has 0 amide bonds. The zero-order chi connectivity index (χ0) is 13.0. The van der Waals surface area contributed by atoms with E-state index in [4.69, 9.17) is 5.73 Å². The molecule has 0 radical (unpaired) electrons. The highest BCUT2D eigenvalue weighted by molar-refractivity contribution is 9.10. The Morgan fingerprint density at radius 3 is 2.61 bits per heavy atom. The summed E-state index contributed by atoms with van der Waals surface area (Å²) in [4.78, 5) is 2.55. The molecule has 1 aliphatic rings. The maximum atomic E-state index is 5.89. The summed E-state index contributed by atoms with van der Waals surface area (Å²) >= 11 is 3.53. The van der Waals surface area contributed by atoms with Crippen LogP contribution in [0.25, 0.3) is 0 Å². The Morgan fingerprint density at radius 2 is 2.00 bits per heavy atom. The Bertz CT molecular complexity index is 386. The second-order valence-electron chi connectivity index (χ2n) is 5.06. The normalized spacial score (nSPS) is 16.8. The van der Waals surface area contributed by atoms with E-state index in [0.717, 1.165) is 11.0 Å².